The minimum atomic E-state index is -0.253. The molecule has 1 aromatic rings. The summed E-state index contributed by atoms with van der Waals surface area (Å²) in [6, 6.07) is 10.3. The number of aliphatic hydroxyl groups excluding tert-OH is 1. The maximum absolute atomic E-state index is 9.00. The van der Waals surface area contributed by atoms with E-state index in [1.165, 1.54) is 4.90 Å². The Morgan fingerprint density at radius 3 is 2.71 bits per heavy atom. The highest BCUT2D eigenvalue weighted by Crippen LogP contribution is 2.15. The van der Waals surface area contributed by atoms with Crippen LogP contribution in [0.5, 0.6) is 0 Å². The van der Waals surface area contributed by atoms with Crippen molar-refractivity contribution in [3.63, 3.8) is 0 Å². The maximum atomic E-state index is 9.00. The summed E-state index contributed by atoms with van der Waals surface area (Å²) >= 11 is 1.83. The Labute approximate surface area is 89.7 Å². The zero-order chi connectivity index (χ0) is 10.2. The smallest absolute Gasteiger partial charge is 0.0636 e. The van der Waals surface area contributed by atoms with E-state index in [0.717, 1.165) is 12.3 Å². The summed E-state index contributed by atoms with van der Waals surface area (Å²) in [6.07, 6.45) is -0.253. The van der Waals surface area contributed by atoms with Crippen molar-refractivity contribution in [2.75, 3.05) is 18.8 Å². The van der Waals surface area contributed by atoms with Gasteiger partial charge in [-0.05, 0) is 19.1 Å². The molecule has 0 spiro atoms. The van der Waals surface area contributed by atoms with Crippen LogP contribution in [0.2, 0.25) is 0 Å². The lowest BCUT2D eigenvalue weighted by molar-refractivity contribution is 0.192. The van der Waals surface area contributed by atoms with E-state index in [9.17, 15) is 0 Å². The molecule has 2 nitrogen and oxygen atoms in total. The van der Waals surface area contributed by atoms with Gasteiger partial charge in [-0.15, -0.1) is 11.8 Å². The molecule has 0 aliphatic heterocycles. The molecule has 14 heavy (non-hydrogen) atoms. The molecule has 0 saturated heterocycles. The van der Waals surface area contributed by atoms with Crippen LogP contribution in [0.1, 0.15) is 6.92 Å². The molecule has 0 aliphatic carbocycles. The van der Waals surface area contributed by atoms with E-state index in [1.54, 1.807) is 6.92 Å². The van der Waals surface area contributed by atoms with Crippen molar-refractivity contribution < 1.29 is 5.11 Å². The fourth-order valence-electron chi connectivity index (χ4n) is 1.07. The number of aliphatic hydroxyl groups is 1. The molecular weight excluding hydrogens is 194 g/mol. The third-order valence-electron chi connectivity index (χ3n) is 1.73. The summed E-state index contributed by atoms with van der Waals surface area (Å²) in [7, 11) is 0. The monoisotopic (exact) mass is 211 g/mol. The van der Waals surface area contributed by atoms with Crippen molar-refractivity contribution in [1.82, 2.24) is 5.32 Å². The van der Waals surface area contributed by atoms with Gasteiger partial charge >= 0.3 is 0 Å². The second-order valence-electron chi connectivity index (χ2n) is 3.21. The Kier molecular flexibility index (Phi) is 5.68. The summed E-state index contributed by atoms with van der Waals surface area (Å²) in [5, 5.41) is 12.2. The van der Waals surface area contributed by atoms with Crippen LogP contribution in [0.25, 0.3) is 0 Å². The lowest BCUT2D eigenvalue weighted by Crippen LogP contribution is -2.26. The first kappa shape index (κ1) is 11.6. The van der Waals surface area contributed by atoms with Crippen LogP contribution in [0, 0.1) is 0 Å². The number of nitrogens with one attached hydrogen (secondary N) is 1. The normalized spacial score (nSPS) is 12.7. The Morgan fingerprint density at radius 1 is 1.36 bits per heavy atom. The van der Waals surface area contributed by atoms with Crippen molar-refractivity contribution in [3.05, 3.63) is 30.3 Å². The van der Waals surface area contributed by atoms with Gasteiger partial charge in [-0.2, -0.15) is 0 Å². The topological polar surface area (TPSA) is 32.3 Å². The average Bonchev–Trinajstić information content (AvgIpc) is 2.18. The van der Waals surface area contributed by atoms with Crippen molar-refractivity contribution in [1.29, 1.82) is 0 Å². The van der Waals surface area contributed by atoms with Crippen LogP contribution < -0.4 is 5.32 Å². The summed E-state index contributed by atoms with van der Waals surface area (Å²) in [5.41, 5.74) is 0. The summed E-state index contributed by atoms with van der Waals surface area (Å²) in [5.74, 6) is 1.04. The second-order valence-corrected chi connectivity index (χ2v) is 4.38. The van der Waals surface area contributed by atoms with Crippen LogP contribution in [0.3, 0.4) is 0 Å². The van der Waals surface area contributed by atoms with Crippen molar-refractivity contribution in [2.24, 2.45) is 0 Å². The molecule has 0 fully saturated rings. The zero-order valence-electron chi connectivity index (χ0n) is 8.44. The lowest BCUT2D eigenvalue weighted by Gasteiger charge is -2.06. The van der Waals surface area contributed by atoms with E-state index in [4.69, 9.17) is 5.11 Å². The zero-order valence-corrected chi connectivity index (χ0v) is 9.26. The first-order valence-corrected chi connectivity index (χ1v) is 5.84. The quantitative estimate of drug-likeness (QED) is 0.555. The van der Waals surface area contributed by atoms with Gasteiger partial charge in [0.05, 0.1) is 6.10 Å². The molecule has 3 heteroatoms. The number of hydrogen-bond donors (Lipinski definition) is 2. The third-order valence-corrected chi connectivity index (χ3v) is 2.74. The van der Waals surface area contributed by atoms with Crippen LogP contribution in [-0.2, 0) is 0 Å². The molecule has 1 atom stereocenters. The van der Waals surface area contributed by atoms with Crippen molar-refractivity contribution >= 4 is 11.8 Å². The van der Waals surface area contributed by atoms with E-state index in [1.807, 2.05) is 30.0 Å². The fourth-order valence-corrected chi connectivity index (χ4v) is 1.90. The Bertz CT molecular complexity index is 238. The van der Waals surface area contributed by atoms with Gasteiger partial charge in [0.25, 0.3) is 0 Å². The molecule has 2 N–H and O–H groups in total. The first-order valence-electron chi connectivity index (χ1n) is 4.85. The molecule has 0 unspecified atom stereocenters. The molecule has 1 rings (SSSR count). The summed E-state index contributed by atoms with van der Waals surface area (Å²) in [4.78, 5) is 1.30. The SMILES string of the molecule is C[C@H](O)CNCCSc1ccccc1. The summed E-state index contributed by atoms with van der Waals surface area (Å²) < 4.78 is 0. The fraction of sp³-hybridized carbons (Fsp3) is 0.455. The largest absolute Gasteiger partial charge is 0.392 e. The van der Waals surface area contributed by atoms with E-state index in [0.29, 0.717) is 6.54 Å². The standard InChI is InChI=1S/C11H17NOS/c1-10(13)9-12-7-8-14-11-5-3-2-4-6-11/h2-6,10,12-13H,7-9H2,1H3/t10-/m0/s1. The van der Waals surface area contributed by atoms with Crippen LogP contribution in [-0.4, -0.2) is 30.1 Å². The maximum Gasteiger partial charge on any atom is 0.0636 e. The molecule has 0 amide bonds. The van der Waals surface area contributed by atoms with Crippen LogP contribution in [0.4, 0.5) is 0 Å². The molecule has 78 valence electrons. The molecular formula is C11H17NOS. The molecule has 1 aromatic carbocycles. The molecule has 0 saturated carbocycles. The first-order chi connectivity index (χ1) is 6.79. The Hall–Kier alpha value is -0.510. The Balaban J connectivity index is 2.05. The summed E-state index contributed by atoms with van der Waals surface area (Å²) in [6.45, 7) is 3.40. The van der Waals surface area contributed by atoms with Gasteiger partial charge in [-0.1, -0.05) is 18.2 Å². The van der Waals surface area contributed by atoms with Gasteiger partial charge in [0, 0.05) is 23.7 Å². The van der Waals surface area contributed by atoms with E-state index < -0.39 is 0 Å². The molecule has 0 heterocycles. The van der Waals surface area contributed by atoms with Crippen molar-refractivity contribution in [2.45, 2.75) is 17.9 Å². The predicted molar refractivity (Wildman–Crippen MR) is 61.7 cm³/mol. The Morgan fingerprint density at radius 2 is 2.07 bits per heavy atom. The number of thioether (sulfide) groups is 1. The van der Waals surface area contributed by atoms with E-state index in [-0.39, 0.29) is 6.10 Å². The van der Waals surface area contributed by atoms with E-state index >= 15 is 0 Å². The average molecular weight is 211 g/mol. The van der Waals surface area contributed by atoms with Crippen LogP contribution >= 0.6 is 11.8 Å². The molecule has 0 aliphatic rings. The predicted octanol–water partition coefficient (Wildman–Crippen LogP) is 1.75. The van der Waals surface area contributed by atoms with E-state index in [2.05, 4.69) is 17.4 Å². The minimum absolute atomic E-state index is 0.253. The van der Waals surface area contributed by atoms with Gasteiger partial charge in [-0.3, -0.25) is 0 Å². The van der Waals surface area contributed by atoms with Gasteiger partial charge < -0.3 is 10.4 Å². The van der Waals surface area contributed by atoms with Crippen molar-refractivity contribution in [3.8, 4) is 0 Å². The molecule has 0 aromatic heterocycles. The second kappa shape index (κ2) is 6.87. The van der Waals surface area contributed by atoms with Gasteiger partial charge in [0.1, 0.15) is 0 Å². The highest BCUT2D eigenvalue weighted by molar-refractivity contribution is 7.99. The molecule has 0 radical (unpaired) electrons. The number of benzene rings is 1. The minimum Gasteiger partial charge on any atom is -0.392 e. The highest BCUT2D eigenvalue weighted by Gasteiger charge is 1.94. The number of rotatable bonds is 6. The van der Waals surface area contributed by atoms with Crippen LogP contribution in [0.15, 0.2) is 35.2 Å². The number of hydrogen-bond acceptors (Lipinski definition) is 3. The van der Waals surface area contributed by atoms with Gasteiger partial charge in [-0.25, -0.2) is 0 Å². The third kappa shape index (κ3) is 5.27. The highest BCUT2D eigenvalue weighted by atomic mass is 32.2. The van der Waals surface area contributed by atoms with Gasteiger partial charge in [0.2, 0.25) is 0 Å². The lowest BCUT2D eigenvalue weighted by atomic mass is 10.4. The molecule has 0 bridgehead atoms. The van der Waals surface area contributed by atoms with Gasteiger partial charge in [0.15, 0.2) is 0 Å².